The van der Waals surface area contributed by atoms with Gasteiger partial charge in [-0.3, -0.25) is 19.4 Å². The number of carbonyl (C=O) groups excluding carboxylic acids is 3. The molecule has 0 bridgehead atoms. The van der Waals surface area contributed by atoms with E-state index in [-0.39, 0.29) is 18.2 Å². The van der Waals surface area contributed by atoms with Crippen LogP contribution in [0.3, 0.4) is 0 Å². The predicted molar refractivity (Wildman–Crippen MR) is 118 cm³/mol. The summed E-state index contributed by atoms with van der Waals surface area (Å²) in [6, 6.07) is 16.3. The van der Waals surface area contributed by atoms with Gasteiger partial charge in [-0.15, -0.1) is 0 Å². The van der Waals surface area contributed by atoms with Crippen molar-refractivity contribution in [3.8, 4) is 0 Å². The summed E-state index contributed by atoms with van der Waals surface area (Å²) in [5.41, 5.74) is 2.78. The minimum atomic E-state index is -0.559. The Kier molecular flexibility index (Phi) is 6.35. The average Bonchev–Trinajstić information content (AvgIpc) is 2.72. The molecule has 0 unspecified atom stereocenters. The molecule has 1 aliphatic heterocycles. The molecule has 3 rings (SSSR count). The van der Waals surface area contributed by atoms with Gasteiger partial charge in [0.15, 0.2) is 0 Å². The topological polar surface area (TPSA) is 60.9 Å². The molecule has 1 heterocycles. The molecule has 1 saturated heterocycles. The fourth-order valence-corrected chi connectivity index (χ4v) is 3.37. The quantitative estimate of drug-likeness (QED) is 0.544. The van der Waals surface area contributed by atoms with Crippen molar-refractivity contribution in [2.24, 2.45) is 0 Å². The molecular formula is C24H27N3O3. The Morgan fingerprint density at radius 1 is 0.900 bits per heavy atom. The molecule has 0 spiro atoms. The molecule has 0 aliphatic carbocycles. The Morgan fingerprint density at radius 2 is 1.53 bits per heavy atom. The maximum absolute atomic E-state index is 13.1. The Labute approximate surface area is 177 Å². The van der Waals surface area contributed by atoms with Gasteiger partial charge in [-0.05, 0) is 49.6 Å². The lowest BCUT2D eigenvalue weighted by molar-refractivity contribution is -0.136. The Balaban J connectivity index is 1.91. The van der Waals surface area contributed by atoms with Crippen molar-refractivity contribution in [3.05, 3.63) is 71.3 Å². The molecule has 0 radical (unpaired) electrons. The molecule has 0 atom stereocenters. The number of rotatable bonds is 6. The Bertz CT molecular complexity index is 963. The van der Waals surface area contributed by atoms with Crippen LogP contribution in [0.1, 0.15) is 25.0 Å². The highest BCUT2D eigenvalue weighted by Gasteiger charge is 2.42. The van der Waals surface area contributed by atoms with E-state index in [1.165, 1.54) is 4.90 Å². The number of carbonyl (C=O) groups is 3. The van der Waals surface area contributed by atoms with E-state index in [0.29, 0.717) is 6.42 Å². The second kappa shape index (κ2) is 8.95. The van der Waals surface area contributed by atoms with Crippen LogP contribution in [-0.2, 0) is 16.0 Å². The fraction of sp³-hybridized carbons (Fsp3) is 0.292. The largest absolute Gasteiger partial charge is 0.378 e. The minimum Gasteiger partial charge on any atom is -0.378 e. The van der Waals surface area contributed by atoms with Gasteiger partial charge in [0.25, 0.3) is 11.8 Å². The zero-order chi connectivity index (χ0) is 21.8. The first kappa shape index (κ1) is 21.3. The maximum Gasteiger partial charge on any atom is 0.334 e. The van der Waals surface area contributed by atoms with E-state index in [1.807, 2.05) is 73.6 Å². The van der Waals surface area contributed by atoms with Gasteiger partial charge in [0.1, 0.15) is 5.57 Å². The molecule has 1 aliphatic rings. The first-order valence-electron chi connectivity index (χ1n) is 10.0. The van der Waals surface area contributed by atoms with Gasteiger partial charge in [-0.1, -0.05) is 42.5 Å². The van der Waals surface area contributed by atoms with E-state index in [0.717, 1.165) is 21.7 Å². The van der Waals surface area contributed by atoms with Crippen molar-refractivity contribution in [2.45, 2.75) is 26.3 Å². The second-order valence-corrected chi connectivity index (χ2v) is 7.79. The van der Waals surface area contributed by atoms with Crippen LogP contribution in [0.4, 0.5) is 10.5 Å². The number of imide groups is 2. The van der Waals surface area contributed by atoms with Crippen LogP contribution in [0.2, 0.25) is 0 Å². The monoisotopic (exact) mass is 405 g/mol. The van der Waals surface area contributed by atoms with Crippen LogP contribution < -0.4 is 4.90 Å². The van der Waals surface area contributed by atoms with Gasteiger partial charge in [-0.25, -0.2) is 4.79 Å². The third-order valence-electron chi connectivity index (χ3n) is 5.07. The maximum atomic E-state index is 13.1. The molecule has 6 nitrogen and oxygen atoms in total. The number of nitrogens with zero attached hydrogens (tertiary/aromatic N) is 3. The van der Waals surface area contributed by atoms with Gasteiger partial charge in [-0.2, -0.15) is 0 Å². The van der Waals surface area contributed by atoms with Crippen LogP contribution in [0, 0.1) is 0 Å². The summed E-state index contributed by atoms with van der Waals surface area (Å²) in [7, 11) is 3.89. The average molecular weight is 405 g/mol. The Hall–Kier alpha value is -3.41. The normalized spacial score (nSPS) is 16.0. The lowest BCUT2D eigenvalue weighted by Crippen LogP contribution is -2.58. The molecule has 2 aromatic rings. The fourth-order valence-electron chi connectivity index (χ4n) is 3.37. The molecule has 1 fully saturated rings. The first-order valence-corrected chi connectivity index (χ1v) is 10.0. The molecule has 30 heavy (non-hydrogen) atoms. The highest BCUT2D eigenvalue weighted by Crippen LogP contribution is 2.23. The third-order valence-corrected chi connectivity index (χ3v) is 5.07. The van der Waals surface area contributed by atoms with Crippen LogP contribution >= 0.6 is 0 Å². The van der Waals surface area contributed by atoms with Gasteiger partial charge >= 0.3 is 6.03 Å². The van der Waals surface area contributed by atoms with Gasteiger partial charge in [0.2, 0.25) is 0 Å². The zero-order valence-electron chi connectivity index (χ0n) is 17.8. The van der Waals surface area contributed by atoms with E-state index in [9.17, 15) is 14.4 Å². The van der Waals surface area contributed by atoms with E-state index in [1.54, 1.807) is 19.9 Å². The summed E-state index contributed by atoms with van der Waals surface area (Å²) >= 11 is 0. The van der Waals surface area contributed by atoms with Crippen molar-refractivity contribution in [2.75, 3.05) is 25.5 Å². The number of anilines is 1. The number of hydrogen-bond donors (Lipinski definition) is 0. The summed E-state index contributed by atoms with van der Waals surface area (Å²) in [6.07, 6.45) is 2.10. The number of barbiturate groups is 1. The molecule has 6 heteroatoms. The molecule has 0 saturated carbocycles. The molecule has 156 valence electrons. The SMILES string of the molecule is CC(C)N1C(=O)C(=Cc2ccc(N(C)C)cc2)C(=O)N(CCc2ccccc2)C1=O. The van der Waals surface area contributed by atoms with E-state index < -0.39 is 17.8 Å². The number of benzene rings is 2. The molecule has 2 aromatic carbocycles. The highest BCUT2D eigenvalue weighted by molar-refractivity contribution is 6.31. The van der Waals surface area contributed by atoms with Gasteiger partial charge in [0.05, 0.1) is 0 Å². The number of hydrogen-bond acceptors (Lipinski definition) is 4. The Morgan fingerprint density at radius 3 is 2.10 bits per heavy atom. The standard InChI is InChI=1S/C24H27N3O3/c1-17(2)27-23(29)21(16-19-10-12-20(13-11-19)25(3)4)22(28)26(24(27)30)15-14-18-8-6-5-7-9-18/h5-13,16-17H,14-15H2,1-4H3. The highest BCUT2D eigenvalue weighted by atomic mass is 16.2. The molecule has 4 amide bonds. The van der Waals surface area contributed by atoms with Crippen LogP contribution in [0.25, 0.3) is 6.08 Å². The summed E-state index contributed by atoms with van der Waals surface area (Å²) in [6.45, 7) is 3.75. The van der Waals surface area contributed by atoms with Crippen molar-refractivity contribution < 1.29 is 14.4 Å². The molecule has 0 aromatic heterocycles. The van der Waals surface area contributed by atoms with E-state index in [2.05, 4.69) is 0 Å². The van der Waals surface area contributed by atoms with E-state index >= 15 is 0 Å². The summed E-state index contributed by atoms with van der Waals surface area (Å²) in [5.74, 6) is -1.10. The van der Waals surface area contributed by atoms with Crippen LogP contribution in [0.15, 0.2) is 60.2 Å². The third kappa shape index (κ3) is 4.43. The summed E-state index contributed by atoms with van der Waals surface area (Å²) in [4.78, 5) is 43.3. The summed E-state index contributed by atoms with van der Waals surface area (Å²) in [5, 5.41) is 0. The van der Waals surface area contributed by atoms with Crippen molar-refractivity contribution in [1.29, 1.82) is 0 Å². The second-order valence-electron chi connectivity index (χ2n) is 7.79. The first-order chi connectivity index (χ1) is 14.3. The van der Waals surface area contributed by atoms with Crippen LogP contribution in [0.5, 0.6) is 0 Å². The molecular weight excluding hydrogens is 378 g/mol. The van der Waals surface area contributed by atoms with Crippen molar-refractivity contribution in [1.82, 2.24) is 9.80 Å². The lowest BCUT2D eigenvalue weighted by Gasteiger charge is -2.36. The lowest BCUT2D eigenvalue weighted by atomic mass is 10.0. The van der Waals surface area contributed by atoms with Gasteiger partial charge in [0, 0.05) is 32.4 Å². The minimum absolute atomic E-state index is 0.00830. The zero-order valence-corrected chi connectivity index (χ0v) is 17.8. The van der Waals surface area contributed by atoms with Crippen LogP contribution in [-0.4, -0.2) is 54.3 Å². The van der Waals surface area contributed by atoms with Gasteiger partial charge < -0.3 is 4.90 Å². The van der Waals surface area contributed by atoms with E-state index in [4.69, 9.17) is 0 Å². The van der Waals surface area contributed by atoms with Crippen molar-refractivity contribution >= 4 is 29.6 Å². The predicted octanol–water partition coefficient (Wildman–Crippen LogP) is 3.58. The number of urea groups is 1. The smallest absolute Gasteiger partial charge is 0.334 e. The number of amides is 4. The van der Waals surface area contributed by atoms with Crippen molar-refractivity contribution in [3.63, 3.8) is 0 Å². The molecule has 0 N–H and O–H groups in total. The summed E-state index contributed by atoms with van der Waals surface area (Å²) < 4.78 is 0.